The van der Waals surface area contributed by atoms with Gasteiger partial charge in [-0.05, 0) is 42.7 Å². The Morgan fingerprint density at radius 3 is 2.85 bits per heavy atom. The smallest absolute Gasteiger partial charge is 0.177 e. The molecule has 0 saturated heterocycles. The Labute approximate surface area is 154 Å². The van der Waals surface area contributed by atoms with E-state index in [-0.39, 0.29) is 0 Å². The molecule has 4 aromatic rings. The van der Waals surface area contributed by atoms with Gasteiger partial charge in [0, 0.05) is 29.0 Å². The summed E-state index contributed by atoms with van der Waals surface area (Å²) in [5.41, 5.74) is 6.04. The Morgan fingerprint density at radius 2 is 2.00 bits per heavy atom. The zero-order valence-corrected chi connectivity index (χ0v) is 14.3. The van der Waals surface area contributed by atoms with Gasteiger partial charge in [0.05, 0.1) is 17.6 Å². The molecule has 0 unspecified atom stereocenters. The van der Waals surface area contributed by atoms with Gasteiger partial charge < -0.3 is 14.9 Å². The number of aryl methyl sites for hydroxylation is 1. The lowest BCUT2D eigenvalue weighted by Gasteiger charge is -2.09. The van der Waals surface area contributed by atoms with Gasteiger partial charge in [-0.2, -0.15) is 0 Å². The molecular formula is C20H15N5O2. The van der Waals surface area contributed by atoms with Crippen molar-refractivity contribution in [3.63, 3.8) is 0 Å². The molecule has 1 aliphatic rings. The van der Waals surface area contributed by atoms with Crippen LogP contribution >= 0.6 is 0 Å². The summed E-state index contributed by atoms with van der Waals surface area (Å²) in [6.45, 7) is 0. The summed E-state index contributed by atoms with van der Waals surface area (Å²) >= 11 is 0. The van der Waals surface area contributed by atoms with E-state index in [0.29, 0.717) is 17.0 Å². The van der Waals surface area contributed by atoms with Gasteiger partial charge in [-0.1, -0.05) is 11.2 Å². The number of pyridine rings is 1. The van der Waals surface area contributed by atoms with Crippen molar-refractivity contribution in [2.45, 2.75) is 12.8 Å². The van der Waals surface area contributed by atoms with Gasteiger partial charge in [-0.3, -0.25) is 4.98 Å². The van der Waals surface area contributed by atoms with Crippen molar-refractivity contribution in [3.05, 3.63) is 66.4 Å². The molecule has 0 amide bonds. The van der Waals surface area contributed by atoms with Crippen molar-refractivity contribution in [2.24, 2.45) is 5.16 Å². The molecule has 1 aromatic carbocycles. The lowest BCUT2D eigenvalue weighted by Crippen LogP contribution is -1.96. The minimum absolute atomic E-state index is 0.638. The van der Waals surface area contributed by atoms with Gasteiger partial charge in [0.25, 0.3) is 0 Å². The highest BCUT2D eigenvalue weighted by molar-refractivity contribution is 6.05. The third-order valence-corrected chi connectivity index (χ3v) is 4.74. The van der Waals surface area contributed by atoms with E-state index in [1.807, 2.05) is 24.3 Å². The summed E-state index contributed by atoms with van der Waals surface area (Å²) in [5.74, 6) is 0.638. The third kappa shape index (κ3) is 2.60. The Morgan fingerprint density at radius 1 is 1.07 bits per heavy atom. The van der Waals surface area contributed by atoms with Crippen LogP contribution in [0.3, 0.4) is 0 Å². The number of rotatable bonds is 3. The van der Waals surface area contributed by atoms with Gasteiger partial charge in [-0.25, -0.2) is 9.97 Å². The summed E-state index contributed by atoms with van der Waals surface area (Å²) in [7, 11) is 0. The first kappa shape index (κ1) is 15.5. The molecule has 5 rings (SSSR count). The maximum atomic E-state index is 9.11. The van der Waals surface area contributed by atoms with E-state index >= 15 is 0 Å². The van der Waals surface area contributed by atoms with Crippen molar-refractivity contribution in [1.82, 2.24) is 15.0 Å². The molecule has 3 aromatic heterocycles. The Bertz CT molecular complexity index is 1170. The number of nitrogens with one attached hydrogen (secondary N) is 1. The van der Waals surface area contributed by atoms with Crippen LogP contribution in [-0.4, -0.2) is 25.9 Å². The summed E-state index contributed by atoms with van der Waals surface area (Å²) < 4.78 is 6.02. The van der Waals surface area contributed by atoms with Crippen LogP contribution in [0.2, 0.25) is 0 Å². The largest absolute Gasteiger partial charge is 0.451 e. The van der Waals surface area contributed by atoms with Crippen LogP contribution in [0.15, 0.2) is 64.8 Å². The van der Waals surface area contributed by atoms with Crippen molar-refractivity contribution in [2.75, 3.05) is 5.32 Å². The van der Waals surface area contributed by atoms with E-state index < -0.39 is 0 Å². The predicted octanol–water partition coefficient (Wildman–Crippen LogP) is 4.15. The van der Waals surface area contributed by atoms with Crippen LogP contribution in [0.5, 0.6) is 0 Å². The van der Waals surface area contributed by atoms with E-state index in [0.717, 1.165) is 46.4 Å². The molecule has 2 N–H and O–H groups in total. The fraction of sp³-hybridized carbons (Fsp3) is 0.100. The molecule has 7 heteroatoms. The van der Waals surface area contributed by atoms with Crippen LogP contribution < -0.4 is 5.32 Å². The van der Waals surface area contributed by atoms with E-state index in [1.165, 1.54) is 6.33 Å². The number of nitrogens with zero attached hydrogens (tertiary/aromatic N) is 4. The number of hydrogen-bond donors (Lipinski definition) is 2. The average Bonchev–Trinajstić information content (AvgIpc) is 3.30. The van der Waals surface area contributed by atoms with E-state index in [4.69, 9.17) is 9.62 Å². The van der Waals surface area contributed by atoms with Gasteiger partial charge in [0.15, 0.2) is 11.3 Å². The highest BCUT2D eigenvalue weighted by Gasteiger charge is 2.20. The average molecular weight is 357 g/mol. The maximum absolute atomic E-state index is 9.11. The van der Waals surface area contributed by atoms with E-state index in [1.54, 1.807) is 18.6 Å². The molecule has 3 heterocycles. The monoisotopic (exact) mass is 357 g/mol. The molecule has 7 nitrogen and oxygen atoms in total. The molecule has 0 radical (unpaired) electrons. The SMILES string of the molecule is O/N=C1\CCc2cc(Nc3c(-c4ccncn4)oc4cnccc34)ccc21. The zero-order valence-electron chi connectivity index (χ0n) is 14.3. The lowest BCUT2D eigenvalue weighted by atomic mass is 10.1. The molecule has 0 bridgehead atoms. The first-order chi connectivity index (χ1) is 13.3. The van der Waals surface area contributed by atoms with Crippen LogP contribution in [0.25, 0.3) is 22.4 Å². The summed E-state index contributed by atoms with van der Waals surface area (Å²) in [4.78, 5) is 12.4. The molecule has 0 fully saturated rings. The number of hydrogen-bond acceptors (Lipinski definition) is 7. The highest BCUT2D eigenvalue weighted by Crippen LogP contribution is 2.39. The van der Waals surface area contributed by atoms with Crippen molar-refractivity contribution in [1.29, 1.82) is 0 Å². The minimum Gasteiger partial charge on any atom is -0.451 e. The number of furan rings is 1. The number of aromatic nitrogens is 3. The topological polar surface area (TPSA) is 96.4 Å². The Hall–Kier alpha value is -3.74. The Balaban J connectivity index is 1.61. The fourth-order valence-corrected chi connectivity index (χ4v) is 3.48. The number of fused-ring (bicyclic) bond motifs is 2. The molecular weight excluding hydrogens is 342 g/mol. The first-order valence-electron chi connectivity index (χ1n) is 8.57. The molecule has 132 valence electrons. The quantitative estimate of drug-likeness (QED) is 0.422. The van der Waals surface area contributed by atoms with Crippen LogP contribution in [0, 0.1) is 0 Å². The van der Waals surface area contributed by atoms with Gasteiger partial charge in [-0.15, -0.1) is 0 Å². The predicted molar refractivity (Wildman–Crippen MR) is 101 cm³/mol. The summed E-state index contributed by atoms with van der Waals surface area (Å²) in [5, 5.41) is 16.9. The van der Waals surface area contributed by atoms with Crippen molar-refractivity contribution in [3.8, 4) is 11.5 Å². The first-order valence-corrected chi connectivity index (χ1v) is 8.57. The second-order valence-corrected chi connectivity index (χ2v) is 6.32. The number of benzene rings is 1. The highest BCUT2D eigenvalue weighted by atomic mass is 16.4. The minimum atomic E-state index is 0.638. The van der Waals surface area contributed by atoms with Gasteiger partial charge >= 0.3 is 0 Å². The molecule has 0 spiro atoms. The summed E-state index contributed by atoms with van der Waals surface area (Å²) in [6, 6.07) is 9.75. The van der Waals surface area contributed by atoms with Crippen LogP contribution in [0.4, 0.5) is 11.4 Å². The van der Waals surface area contributed by atoms with Crippen molar-refractivity contribution >= 4 is 28.1 Å². The van der Waals surface area contributed by atoms with Crippen LogP contribution in [-0.2, 0) is 6.42 Å². The van der Waals surface area contributed by atoms with Crippen molar-refractivity contribution < 1.29 is 9.62 Å². The van der Waals surface area contributed by atoms with Gasteiger partial charge in [0.2, 0.25) is 0 Å². The lowest BCUT2D eigenvalue weighted by molar-refractivity contribution is 0.318. The maximum Gasteiger partial charge on any atom is 0.177 e. The molecule has 0 atom stereocenters. The number of oxime groups is 1. The summed E-state index contributed by atoms with van der Waals surface area (Å²) in [6.07, 6.45) is 8.22. The molecule has 0 aliphatic heterocycles. The Kier molecular flexibility index (Phi) is 3.57. The standard InChI is InChI=1S/C20H15N5O2/c26-25-16-4-1-12-9-13(2-3-14(12)16)24-19-15-5-7-21-10-18(15)27-20(19)17-6-8-22-11-23-17/h2-3,5-11,24,26H,1,4H2/b25-16+. The number of anilines is 2. The van der Waals surface area contributed by atoms with E-state index in [2.05, 4.69) is 31.5 Å². The fourth-order valence-electron chi connectivity index (χ4n) is 3.48. The van der Waals surface area contributed by atoms with Gasteiger partial charge in [0.1, 0.15) is 12.0 Å². The molecule has 27 heavy (non-hydrogen) atoms. The van der Waals surface area contributed by atoms with Crippen LogP contribution in [0.1, 0.15) is 17.5 Å². The normalized spacial score (nSPS) is 14.6. The second-order valence-electron chi connectivity index (χ2n) is 6.32. The second kappa shape index (κ2) is 6.21. The third-order valence-electron chi connectivity index (χ3n) is 4.74. The van der Waals surface area contributed by atoms with E-state index in [9.17, 15) is 0 Å². The zero-order chi connectivity index (χ0) is 18.2. The molecule has 1 aliphatic carbocycles. The molecule has 0 saturated carbocycles.